The van der Waals surface area contributed by atoms with E-state index in [0.717, 1.165) is 10.7 Å². The maximum atomic E-state index is 14.0. The molecule has 162 valence electrons. The number of nitrogens with one attached hydrogen (secondary N) is 2. The SMILES string of the molecule is Cc1cccc(C(=O)NC(C)c2nc(C(C)(C)C)cs2)c1NC(=O)c1ccccc1F. The fourth-order valence-electron chi connectivity index (χ4n) is 3.02. The van der Waals surface area contributed by atoms with Gasteiger partial charge in [-0.3, -0.25) is 9.59 Å². The van der Waals surface area contributed by atoms with Crippen LogP contribution in [-0.2, 0) is 5.41 Å². The van der Waals surface area contributed by atoms with E-state index in [0.29, 0.717) is 16.8 Å². The standard InChI is InChI=1S/C24H26FN3O2S/c1-14-9-8-11-17(20(14)28-21(29)16-10-6-7-12-18(16)25)22(30)26-15(2)23-27-19(13-31-23)24(3,4)5/h6-13,15H,1-5H3,(H,26,30)(H,28,29). The van der Waals surface area contributed by atoms with Crippen molar-refractivity contribution < 1.29 is 14.0 Å². The Hall–Kier alpha value is -3.06. The number of thiazole rings is 1. The van der Waals surface area contributed by atoms with E-state index in [2.05, 4.69) is 36.4 Å². The van der Waals surface area contributed by atoms with Crippen molar-refractivity contribution in [1.29, 1.82) is 0 Å². The Balaban J connectivity index is 1.82. The molecule has 2 N–H and O–H groups in total. The van der Waals surface area contributed by atoms with Gasteiger partial charge in [0, 0.05) is 10.8 Å². The zero-order valence-electron chi connectivity index (χ0n) is 18.2. The van der Waals surface area contributed by atoms with E-state index in [9.17, 15) is 14.0 Å². The predicted molar refractivity (Wildman–Crippen MR) is 122 cm³/mol. The molecule has 1 heterocycles. The second-order valence-electron chi connectivity index (χ2n) is 8.45. The van der Waals surface area contributed by atoms with Crippen molar-refractivity contribution in [3.05, 3.63) is 81.1 Å². The first-order valence-corrected chi connectivity index (χ1v) is 10.9. The minimum Gasteiger partial charge on any atom is -0.343 e. The maximum Gasteiger partial charge on any atom is 0.258 e. The third-order valence-corrected chi connectivity index (χ3v) is 5.91. The molecule has 7 heteroatoms. The molecular formula is C24H26FN3O2S. The molecule has 31 heavy (non-hydrogen) atoms. The van der Waals surface area contributed by atoms with E-state index in [1.165, 1.54) is 29.5 Å². The van der Waals surface area contributed by atoms with E-state index in [1.54, 1.807) is 31.2 Å². The topological polar surface area (TPSA) is 71.1 Å². The van der Waals surface area contributed by atoms with Crippen molar-refractivity contribution in [3.8, 4) is 0 Å². The van der Waals surface area contributed by atoms with E-state index < -0.39 is 11.7 Å². The average molecular weight is 440 g/mol. The van der Waals surface area contributed by atoms with Gasteiger partial charge in [0.1, 0.15) is 10.8 Å². The van der Waals surface area contributed by atoms with Crippen LogP contribution in [0.3, 0.4) is 0 Å². The molecule has 0 aliphatic heterocycles. The van der Waals surface area contributed by atoms with Crippen LogP contribution in [0.4, 0.5) is 10.1 Å². The molecule has 0 fully saturated rings. The van der Waals surface area contributed by atoms with Gasteiger partial charge >= 0.3 is 0 Å². The summed E-state index contributed by atoms with van der Waals surface area (Å²) in [4.78, 5) is 30.3. The molecule has 5 nitrogen and oxygen atoms in total. The van der Waals surface area contributed by atoms with Gasteiger partial charge in [-0.25, -0.2) is 9.37 Å². The summed E-state index contributed by atoms with van der Waals surface area (Å²) in [6.07, 6.45) is 0. The Kier molecular flexibility index (Phi) is 6.55. The highest BCUT2D eigenvalue weighted by Crippen LogP contribution is 2.28. The van der Waals surface area contributed by atoms with Gasteiger partial charge in [0.25, 0.3) is 11.8 Å². The Morgan fingerprint density at radius 3 is 2.35 bits per heavy atom. The minimum absolute atomic E-state index is 0.0703. The number of carbonyl (C=O) groups is 2. The summed E-state index contributed by atoms with van der Waals surface area (Å²) in [7, 11) is 0. The van der Waals surface area contributed by atoms with Crippen molar-refractivity contribution in [2.24, 2.45) is 0 Å². The molecule has 2 aromatic carbocycles. The summed E-state index contributed by atoms with van der Waals surface area (Å²) in [5, 5.41) is 8.47. The lowest BCUT2D eigenvalue weighted by molar-refractivity contribution is 0.0940. The second-order valence-corrected chi connectivity index (χ2v) is 9.34. The number of halogens is 1. The minimum atomic E-state index is -0.619. The zero-order chi connectivity index (χ0) is 22.8. The molecule has 0 spiro atoms. The van der Waals surface area contributed by atoms with Gasteiger partial charge in [-0.2, -0.15) is 0 Å². The summed E-state index contributed by atoms with van der Waals surface area (Å²) in [5.41, 5.74) is 2.19. The molecule has 0 radical (unpaired) electrons. The number of para-hydroxylation sites is 1. The third kappa shape index (κ3) is 5.17. The van der Waals surface area contributed by atoms with Crippen LogP contribution in [0, 0.1) is 12.7 Å². The van der Waals surface area contributed by atoms with Crippen LogP contribution in [0.15, 0.2) is 47.8 Å². The highest BCUT2D eigenvalue weighted by Gasteiger charge is 2.23. The van der Waals surface area contributed by atoms with Crippen molar-refractivity contribution >= 4 is 28.8 Å². The first-order valence-electron chi connectivity index (χ1n) is 10.00. The predicted octanol–water partition coefficient (Wildman–Crippen LogP) is 5.63. The normalized spacial score (nSPS) is 12.3. The number of amides is 2. The van der Waals surface area contributed by atoms with Gasteiger partial charge in [-0.1, -0.05) is 45.0 Å². The van der Waals surface area contributed by atoms with Crippen LogP contribution in [0.2, 0.25) is 0 Å². The number of aromatic nitrogens is 1. The summed E-state index contributed by atoms with van der Waals surface area (Å²) in [6.45, 7) is 9.93. The molecule has 1 aromatic heterocycles. The molecule has 1 unspecified atom stereocenters. The number of aryl methyl sites for hydroxylation is 1. The van der Waals surface area contributed by atoms with E-state index >= 15 is 0 Å². The molecule has 0 bridgehead atoms. The van der Waals surface area contributed by atoms with Crippen LogP contribution in [-0.4, -0.2) is 16.8 Å². The summed E-state index contributed by atoms with van der Waals surface area (Å²) < 4.78 is 14.0. The lowest BCUT2D eigenvalue weighted by atomic mass is 9.93. The average Bonchev–Trinajstić information content (AvgIpc) is 3.20. The Morgan fingerprint density at radius 1 is 1.03 bits per heavy atom. The molecule has 0 aliphatic carbocycles. The number of hydrogen-bond donors (Lipinski definition) is 2. The van der Waals surface area contributed by atoms with Crippen molar-refractivity contribution in [1.82, 2.24) is 10.3 Å². The van der Waals surface area contributed by atoms with Crippen molar-refractivity contribution in [2.75, 3.05) is 5.32 Å². The van der Waals surface area contributed by atoms with Gasteiger partial charge in [0.15, 0.2) is 0 Å². The summed E-state index contributed by atoms with van der Waals surface area (Å²) in [6, 6.07) is 10.6. The number of carbonyl (C=O) groups excluding carboxylic acids is 2. The number of nitrogens with zero attached hydrogens (tertiary/aromatic N) is 1. The number of benzene rings is 2. The lowest BCUT2D eigenvalue weighted by Gasteiger charge is -2.17. The summed E-state index contributed by atoms with van der Waals surface area (Å²) >= 11 is 1.50. The largest absolute Gasteiger partial charge is 0.343 e. The summed E-state index contributed by atoms with van der Waals surface area (Å²) in [5.74, 6) is -1.57. The second kappa shape index (κ2) is 8.98. The maximum absolute atomic E-state index is 14.0. The molecule has 3 rings (SSSR count). The first-order chi connectivity index (χ1) is 14.6. The molecule has 2 amide bonds. The van der Waals surface area contributed by atoms with E-state index in [-0.39, 0.29) is 22.9 Å². The van der Waals surface area contributed by atoms with Gasteiger partial charge in [-0.15, -0.1) is 11.3 Å². The third-order valence-electron chi connectivity index (χ3n) is 4.88. The Bertz CT molecular complexity index is 1120. The number of anilines is 1. The molecule has 1 atom stereocenters. The number of hydrogen-bond acceptors (Lipinski definition) is 4. The van der Waals surface area contributed by atoms with Crippen LogP contribution in [0.1, 0.15) is 70.7 Å². The Labute approximate surface area is 185 Å². The van der Waals surface area contributed by atoms with Crippen LogP contribution >= 0.6 is 11.3 Å². The van der Waals surface area contributed by atoms with Gasteiger partial charge < -0.3 is 10.6 Å². The quantitative estimate of drug-likeness (QED) is 0.541. The molecule has 3 aromatic rings. The van der Waals surface area contributed by atoms with Gasteiger partial charge in [0.2, 0.25) is 0 Å². The van der Waals surface area contributed by atoms with Crippen LogP contribution < -0.4 is 10.6 Å². The molecule has 0 aliphatic rings. The smallest absolute Gasteiger partial charge is 0.258 e. The molecule has 0 saturated carbocycles. The fraction of sp³-hybridized carbons (Fsp3) is 0.292. The monoisotopic (exact) mass is 439 g/mol. The highest BCUT2D eigenvalue weighted by molar-refractivity contribution is 7.09. The molecular weight excluding hydrogens is 413 g/mol. The van der Waals surface area contributed by atoms with Crippen LogP contribution in [0.5, 0.6) is 0 Å². The molecule has 0 saturated heterocycles. The first kappa shape index (κ1) is 22.6. The number of rotatable bonds is 5. The van der Waals surface area contributed by atoms with Crippen LogP contribution in [0.25, 0.3) is 0 Å². The van der Waals surface area contributed by atoms with E-state index in [4.69, 9.17) is 0 Å². The zero-order valence-corrected chi connectivity index (χ0v) is 19.1. The lowest BCUT2D eigenvalue weighted by Crippen LogP contribution is -2.28. The van der Waals surface area contributed by atoms with Gasteiger partial charge in [-0.05, 0) is 37.6 Å². The van der Waals surface area contributed by atoms with E-state index in [1.807, 2.05) is 12.3 Å². The highest BCUT2D eigenvalue weighted by atomic mass is 32.1. The Morgan fingerprint density at radius 2 is 1.71 bits per heavy atom. The van der Waals surface area contributed by atoms with Crippen molar-refractivity contribution in [3.63, 3.8) is 0 Å². The fourth-order valence-corrected chi connectivity index (χ4v) is 4.07. The van der Waals surface area contributed by atoms with Crippen molar-refractivity contribution in [2.45, 2.75) is 46.1 Å². The van der Waals surface area contributed by atoms with Gasteiger partial charge in [0.05, 0.1) is 28.6 Å².